The van der Waals surface area contributed by atoms with Crippen molar-refractivity contribution in [3.8, 4) is 28.4 Å². The number of phenolic OH excluding ortho intramolecular Hbond substituents is 3. The number of phenols is 3. The molecule has 0 radical (unpaired) electrons. The van der Waals surface area contributed by atoms with Crippen molar-refractivity contribution >= 4 is 109 Å². The third-order valence-corrected chi connectivity index (χ3v) is 34.2. The molecule has 9 aromatic carbocycles. The van der Waals surface area contributed by atoms with E-state index in [-0.39, 0.29) is 27.1 Å². The number of aromatic hydroxyl groups is 3. The summed E-state index contributed by atoms with van der Waals surface area (Å²) >= 11 is 29.2. The van der Waals surface area contributed by atoms with Gasteiger partial charge in [0, 0.05) is 35.4 Å². The fraction of sp³-hybridized carbons (Fsp3) is 0.384. The molecule has 0 aliphatic heterocycles. The zero-order chi connectivity index (χ0) is 98.0. The molecule has 0 amide bonds. The van der Waals surface area contributed by atoms with E-state index in [1.54, 1.807) is 14.2 Å². The van der Waals surface area contributed by atoms with Gasteiger partial charge in [-0.15, -0.1) is 0 Å². The van der Waals surface area contributed by atoms with E-state index in [2.05, 4.69) is 277 Å². The van der Waals surface area contributed by atoms with E-state index in [0.717, 1.165) is 104 Å². The first-order valence-corrected chi connectivity index (χ1v) is 56.2. The van der Waals surface area contributed by atoms with Gasteiger partial charge >= 0.3 is 403 Å². The van der Waals surface area contributed by atoms with Crippen LogP contribution in [0.1, 0.15) is 262 Å². The average molecular weight is 2410 g/mol. The summed E-state index contributed by atoms with van der Waals surface area (Å²) in [7, 11) is 3.26. The van der Waals surface area contributed by atoms with Crippen LogP contribution in [0.3, 0.4) is 0 Å². The van der Waals surface area contributed by atoms with Gasteiger partial charge in [-0.05, 0) is 142 Å². The molecule has 3 aromatic heterocycles. The molecule has 2 aliphatic carbocycles. The first-order chi connectivity index (χ1) is 62.1. The van der Waals surface area contributed by atoms with E-state index in [9.17, 15) is 15.3 Å². The van der Waals surface area contributed by atoms with Crippen molar-refractivity contribution in [2.75, 3.05) is 14.2 Å². The number of para-hydroxylation sites is 2. The summed E-state index contributed by atoms with van der Waals surface area (Å²) in [6, 6.07) is 66.9. The van der Waals surface area contributed by atoms with Gasteiger partial charge in [0.1, 0.15) is 17.2 Å². The Morgan fingerprint density at radius 1 is 0.409 bits per heavy atom. The smallest absolute Gasteiger partial charge is 0.137 e. The van der Waals surface area contributed by atoms with Gasteiger partial charge in [-0.3, -0.25) is 0 Å². The summed E-state index contributed by atoms with van der Waals surface area (Å²) in [5.41, 5.74) is 28.1. The van der Waals surface area contributed by atoms with Gasteiger partial charge in [0.15, 0.2) is 0 Å². The predicted octanol–water partition coefficient (Wildman–Crippen LogP) is 33.1. The Morgan fingerprint density at radius 2 is 0.750 bits per heavy atom. The summed E-state index contributed by atoms with van der Waals surface area (Å²) in [4.78, 5) is 12.3. The second kappa shape index (κ2) is 55.1. The van der Waals surface area contributed by atoms with Gasteiger partial charge in [0.05, 0.1) is 17.7 Å². The third kappa shape index (κ3) is 37.0. The summed E-state index contributed by atoms with van der Waals surface area (Å²) in [5, 5.41) is 33.5. The summed E-state index contributed by atoms with van der Waals surface area (Å²) < 4.78 is 33.5. The first kappa shape index (κ1) is 114. The third-order valence-electron chi connectivity index (χ3n) is 21.7. The van der Waals surface area contributed by atoms with Crippen molar-refractivity contribution < 1.29 is 78.6 Å². The fourth-order valence-electron chi connectivity index (χ4n) is 14.5. The van der Waals surface area contributed by atoms with Crippen molar-refractivity contribution in [1.29, 1.82) is 0 Å². The number of fused-ring (bicyclic) bond motifs is 2. The largest absolute Gasteiger partial charge is 0.665 e. The van der Waals surface area contributed by atoms with E-state index in [1.807, 2.05) is 157 Å². The Hall–Kier alpha value is -6.67. The monoisotopic (exact) mass is 2410 g/mol. The number of aromatic nitrogens is 3. The molecule has 3 N–H and O–H groups in total. The van der Waals surface area contributed by atoms with E-state index in [0.29, 0.717) is 62.4 Å². The molecule has 0 saturated heterocycles. The summed E-state index contributed by atoms with van der Waals surface area (Å²) in [6.45, 7) is 52.1. The second-order valence-corrected chi connectivity index (χ2v) is 47.4. The van der Waals surface area contributed by atoms with Crippen LogP contribution >= 0.6 is 78.3 Å². The van der Waals surface area contributed by atoms with Crippen LogP contribution in [0, 0.1) is 53.9 Å². The van der Waals surface area contributed by atoms with Crippen LogP contribution in [-0.2, 0) is 124 Å². The number of halogens is 6. The fourth-order valence-corrected chi connectivity index (χ4v) is 24.2. The van der Waals surface area contributed by atoms with E-state index < -0.39 is 53.8 Å². The van der Waals surface area contributed by atoms with Gasteiger partial charge in [0.2, 0.25) is 0 Å². The Kier molecular flexibility index (Phi) is 47.6. The molecular formula is C112H139Br2Cl4MoN6O5W2-3. The minimum absolute atomic E-state index is 0.0309. The maximum Gasteiger partial charge on any atom is 0.137 e. The van der Waals surface area contributed by atoms with Crippen LogP contribution in [-0.4, -0.2) is 42.7 Å². The van der Waals surface area contributed by atoms with Gasteiger partial charge in [-0.2, -0.15) is 34.2 Å². The molecule has 14 rings (SSSR count). The number of nitrogens with zero attached hydrogens (tertiary/aromatic N) is 6. The number of ether oxygens (including phenoxy) is 2. The van der Waals surface area contributed by atoms with Crippen molar-refractivity contribution in [2.45, 2.75) is 264 Å². The Labute approximate surface area is 852 Å². The zero-order valence-corrected chi connectivity index (χ0v) is 96.4. The van der Waals surface area contributed by atoms with Gasteiger partial charge < -0.3 is 39.7 Å². The predicted molar refractivity (Wildman–Crippen MR) is 560 cm³/mol. The molecule has 710 valence electrons. The minimum atomic E-state index is -1.01. The van der Waals surface area contributed by atoms with E-state index in [1.165, 1.54) is 91.5 Å². The van der Waals surface area contributed by atoms with Gasteiger partial charge in [0.25, 0.3) is 0 Å². The molecule has 12 aromatic rings. The number of hydrogen-bond acceptors (Lipinski definition) is 8. The molecular weight excluding hydrogens is 2270 g/mol. The van der Waals surface area contributed by atoms with E-state index >= 15 is 0 Å². The Bertz CT molecular complexity index is 5560. The summed E-state index contributed by atoms with van der Waals surface area (Å²) in [6.07, 6.45) is 9.46. The molecule has 0 saturated carbocycles. The molecule has 132 heavy (non-hydrogen) atoms. The number of aryl methyl sites for hydroxylation is 8. The van der Waals surface area contributed by atoms with E-state index in [4.69, 9.17) is 59.4 Å². The standard InChI is InChI=1S/C21H22Br2O.C12H17N.2C12H18O2.2C10H12.2C6H3Cl2N.3C6H8N.C5H10.Mo.2W/c1-12-17(22)10-13-6-2-4-8-15(13)19(12)20-16-9-5-3-7-14(16)11-18(23)21(20)24;1-8(2)10-6-5-7-11(9(3)4)12(10)13;2*1-12(2,3)10-7-5-6-9(8-14-4)11(10)13;2*1-10(2,3)9-7-5-4-6-8-9;2*7-4-2-1-3-5(8)6(4)9;3*1-5-3-4-6(2)7-5;1-5(2,3)4;;;/h10-11,24H,2-9H2,1H3;5-9H,1-4H3;2*5-7,13H,8H2,1-4H3;2*1,4-8H,2-3H3;2*1-3H;3*3-4H,1-2H3;1H,2-4H3;;;/q;;;;;;;;3*-1;;;;. The SMILES string of the molecule is CC(C)(C)[CH]=[W]=[N]c1c(Cl)cccc1Cl.CC(C)([CH]=[W]=[N]c1c(Cl)cccc1Cl)c1ccccc1.CC(C)c1cccc(C(C)C)c1[N]=[Mo]=[CH]C(C)(C)c1ccccc1.COCc1cccc(C(C)(C)C)c1O.COCc1cccc(C(C)(C)C)c1O.Cc1c(Br)cc2c(c1-c1c(O)c(Br)cc3c1CCCC3)CCCC2.Cc1ccc(C)[n-]1.Cc1ccc(C)[n-]1.Cc1ccc(C)[n-]1. The normalized spacial score (nSPS) is 12.0. The van der Waals surface area contributed by atoms with Crippen molar-refractivity contribution in [1.82, 2.24) is 15.0 Å². The number of rotatable bonds is 14. The topological polar surface area (TPSA) is 159 Å². The molecule has 3 heterocycles. The Morgan fingerprint density at radius 3 is 1.10 bits per heavy atom. The Balaban J connectivity index is 0.000000235. The van der Waals surface area contributed by atoms with Crippen molar-refractivity contribution in [3.05, 3.63) is 336 Å². The van der Waals surface area contributed by atoms with Crippen LogP contribution in [0.2, 0.25) is 20.1 Å². The van der Waals surface area contributed by atoms with Gasteiger partial charge in [-0.25, -0.2) is 0 Å². The van der Waals surface area contributed by atoms with Crippen LogP contribution in [0.15, 0.2) is 220 Å². The van der Waals surface area contributed by atoms with Crippen molar-refractivity contribution in [2.24, 2.45) is 15.9 Å². The van der Waals surface area contributed by atoms with Crippen LogP contribution < -0.4 is 15.0 Å². The molecule has 11 nitrogen and oxygen atoms in total. The minimum Gasteiger partial charge on any atom is -0.665 e. The number of benzene rings is 9. The molecule has 0 atom stereocenters. The zero-order valence-electron chi connectivity index (χ0n) is 82.3. The molecule has 0 spiro atoms. The van der Waals surface area contributed by atoms with Crippen LogP contribution in [0.5, 0.6) is 17.2 Å². The average Bonchev–Trinajstić information content (AvgIpc) is 0.789. The van der Waals surface area contributed by atoms with Crippen LogP contribution in [0.4, 0.5) is 17.1 Å². The maximum absolute atomic E-state index is 11.0. The quantitative estimate of drug-likeness (QED) is 0.0908. The maximum atomic E-state index is 11.0. The molecule has 2 aliphatic rings. The number of methoxy groups -OCH3 is 2. The molecule has 20 heteroatoms. The summed E-state index contributed by atoms with van der Waals surface area (Å²) in [5.74, 6) is 2.17. The molecule has 0 fully saturated rings. The first-order valence-electron chi connectivity index (χ1n) is 45.0. The van der Waals surface area contributed by atoms with Crippen LogP contribution in [0.25, 0.3) is 11.1 Å². The number of hydrogen-bond donors (Lipinski definition) is 3. The van der Waals surface area contributed by atoms with Crippen molar-refractivity contribution in [3.63, 3.8) is 0 Å². The second-order valence-electron chi connectivity index (χ2n) is 38.0. The van der Waals surface area contributed by atoms with Gasteiger partial charge in [-0.1, -0.05) is 172 Å². The molecule has 0 bridgehead atoms. The molecule has 0 unspecified atom stereocenters.